The zero-order chi connectivity index (χ0) is 36.4. The van der Waals surface area contributed by atoms with E-state index in [1.807, 2.05) is 72.8 Å². The second-order valence-electron chi connectivity index (χ2n) is 14.9. The minimum atomic E-state index is -0.0239. The molecular formula is C50H37N3O. The number of furan rings is 1. The van der Waals surface area contributed by atoms with Gasteiger partial charge in [-0.1, -0.05) is 147 Å². The minimum Gasteiger partial charge on any atom is -0.456 e. The lowest BCUT2D eigenvalue weighted by atomic mass is 9.81. The van der Waals surface area contributed by atoms with Gasteiger partial charge in [-0.25, -0.2) is 15.0 Å². The molecule has 0 fully saturated rings. The van der Waals surface area contributed by atoms with Crippen molar-refractivity contribution in [1.29, 1.82) is 0 Å². The van der Waals surface area contributed by atoms with Crippen LogP contribution >= 0.6 is 0 Å². The van der Waals surface area contributed by atoms with Gasteiger partial charge in [0.05, 0.1) is 0 Å². The third-order valence-corrected chi connectivity index (χ3v) is 11.1. The molecule has 0 radical (unpaired) electrons. The fraction of sp³-hybridized carbons (Fsp3) is 0.100. The summed E-state index contributed by atoms with van der Waals surface area (Å²) in [5.74, 6) is 1.88. The lowest BCUT2D eigenvalue weighted by Crippen LogP contribution is -2.15. The highest BCUT2D eigenvalue weighted by Crippen LogP contribution is 2.50. The maximum atomic E-state index is 6.48. The van der Waals surface area contributed by atoms with Gasteiger partial charge >= 0.3 is 0 Å². The molecule has 0 unspecified atom stereocenters. The average molecular weight is 696 g/mol. The molecule has 0 atom stereocenters. The quantitative estimate of drug-likeness (QED) is 0.174. The van der Waals surface area contributed by atoms with Crippen LogP contribution in [0.25, 0.3) is 78.4 Å². The monoisotopic (exact) mass is 695 g/mol. The summed E-state index contributed by atoms with van der Waals surface area (Å²) in [6, 6.07) is 55.5. The first kappa shape index (κ1) is 32.0. The number of rotatable bonds is 6. The van der Waals surface area contributed by atoms with Crippen LogP contribution in [-0.4, -0.2) is 15.0 Å². The Hall–Kier alpha value is -6.65. The van der Waals surface area contributed by atoms with Gasteiger partial charge in [-0.15, -0.1) is 0 Å². The Morgan fingerprint density at radius 2 is 1.11 bits per heavy atom. The van der Waals surface area contributed by atoms with E-state index in [1.165, 1.54) is 50.1 Å². The van der Waals surface area contributed by atoms with Crippen molar-refractivity contribution in [3.63, 3.8) is 0 Å². The van der Waals surface area contributed by atoms with Crippen LogP contribution in [0.3, 0.4) is 0 Å². The van der Waals surface area contributed by atoms with Gasteiger partial charge < -0.3 is 4.42 Å². The highest BCUT2D eigenvalue weighted by atomic mass is 16.3. The molecule has 4 heteroatoms. The van der Waals surface area contributed by atoms with Crippen LogP contribution in [0.5, 0.6) is 0 Å². The first-order valence-electron chi connectivity index (χ1n) is 18.6. The van der Waals surface area contributed by atoms with Crippen molar-refractivity contribution in [2.45, 2.75) is 32.6 Å². The molecule has 1 aliphatic carbocycles. The summed E-state index contributed by atoms with van der Waals surface area (Å²) in [6.45, 7) is 6.94. The normalized spacial score (nSPS) is 12.9. The molecule has 2 heterocycles. The lowest BCUT2D eigenvalue weighted by Gasteiger charge is -2.22. The zero-order valence-corrected chi connectivity index (χ0v) is 30.5. The van der Waals surface area contributed by atoms with E-state index in [1.54, 1.807) is 0 Å². The maximum Gasteiger partial charge on any atom is 0.164 e. The van der Waals surface area contributed by atoms with Gasteiger partial charge in [0.2, 0.25) is 0 Å². The predicted molar refractivity (Wildman–Crippen MR) is 220 cm³/mol. The van der Waals surface area contributed by atoms with Crippen molar-refractivity contribution >= 4 is 21.9 Å². The molecule has 10 rings (SSSR count). The molecule has 0 aliphatic heterocycles. The summed E-state index contributed by atoms with van der Waals surface area (Å²) in [6.07, 6.45) is 0.779. The van der Waals surface area contributed by atoms with Crippen molar-refractivity contribution < 1.29 is 4.42 Å². The van der Waals surface area contributed by atoms with Crippen LogP contribution in [-0.2, 0) is 11.8 Å². The molecule has 2 aromatic heterocycles. The molecule has 0 saturated carbocycles. The fourth-order valence-corrected chi connectivity index (χ4v) is 8.40. The van der Waals surface area contributed by atoms with Crippen molar-refractivity contribution in [3.05, 3.63) is 186 Å². The molecule has 0 spiro atoms. The number of hydrogen-bond donors (Lipinski definition) is 0. The third-order valence-electron chi connectivity index (χ3n) is 11.1. The Balaban J connectivity index is 1.09. The summed E-state index contributed by atoms with van der Waals surface area (Å²) in [5.41, 5.74) is 16.2. The number of hydrogen-bond acceptors (Lipinski definition) is 4. The van der Waals surface area contributed by atoms with Gasteiger partial charge in [0.25, 0.3) is 0 Å². The van der Waals surface area contributed by atoms with Crippen LogP contribution < -0.4 is 0 Å². The second-order valence-corrected chi connectivity index (χ2v) is 14.9. The molecule has 0 N–H and O–H groups in total. The van der Waals surface area contributed by atoms with Crippen LogP contribution in [0.2, 0.25) is 0 Å². The third kappa shape index (κ3) is 5.25. The Labute approximate surface area is 314 Å². The van der Waals surface area contributed by atoms with E-state index in [9.17, 15) is 0 Å². The van der Waals surface area contributed by atoms with Crippen molar-refractivity contribution in [2.75, 3.05) is 0 Å². The maximum absolute atomic E-state index is 6.48. The molecule has 0 amide bonds. The number of benzene rings is 7. The topological polar surface area (TPSA) is 51.8 Å². The van der Waals surface area contributed by atoms with Crippen molar-refractivity contribution in [2.24, 2.45) is 0 Å². The minimum absolute atomic E-state index is 0.0239. The molecule has 1 aliphatic rings. The number of aryl methyl sites for hydroxylation is 1. The van der Waals surface area contributed by atoms with Crippen LogP contribution in [0, 0.1) is 6.92 Å². The van der Waals surface area contributed by atoms with E-state index in [0.717, 1.165) is 45.0 Å². The summed E-state index contributed by atoms with van der Waals surface area (Å²) in [4.78, 5) is 15.0. The Bertz CT molecular complexity index is 2830. The molecule has 7 aromatic carbocycles. The van der Waals surface area contributed by atoms with Crippen molar-refractivity contribution in [1.82, 2.24) is 15.0 Å². The SMILES string of the molecule is Cc1cc2c(cc1-c1ccccc1Cc1ccc3oc4cccc(-c5nc(-c6ccccc6)nc(-c6ccccc6)n5)c4c3c1)-c1ccccc1C2(C)C. The highest BCUT2D eigenvalue weighted by Gasteiger charge is 2.35. The average Bonchev–Trinajstić information content (AvgIpc) is 3.69. The van der Waals surface area contributed by atoms with Crippen molar-refractivity contribution in [3.8, 4) is 56.4 Å². The molecule has 0 saturated heterocycles. The van der Waals surface area contributed by atoms with Crippen LogP contribution in [0.15, 0.2) is 162 Å². The molecule has 258 valence electrons. The summed E-state index contributed by atoms with van der Waals surface area (Å²) >= 11 is 0. The van der Waals surface area contributed by atoms with Crippen LogP contribution in [0.1, 0.15) is 41.7 Å². The molecule has 4 nitrogen and oxygen atoms in total. The zero-order valence-electron chi connectivity index (χ0n) is 30.5. The van der Waals surface area contributed by atoms with Gasteiger partial charge in [0, 0.05) is 32.9 Å². The Kier molecular flexibility index (Phi) is 7.41. The predicted octanol–water partition coefficient (Wildman–Crippen LogP) is 12.6. The smallest absolute Gasteiger partial charge is 0.164 e. The lowest BCUT2D eigenvalue weighted by molar-refractivity contribution is 0.660. The standard InChI is InChI=1S/C50H37N3O/c1-31-27-43-40(37-21-12-13-23-42(37)50(43,2)3)30-39(31)36-20-11-10-19-35(36)28-32-25-26-44-41(29-32)46-38(22-14-24-45(46)54-44)49-52-47(33-15-6-4-7-16-33)51-48(53-49)34-17-8-5-9-18-34/h4-27,29-30H,28H2,1-3H3. The van der Waals surface area contributed by atoms with E-state index in [-0.39, 0.29) is 5.41 Å². The van der Waals surface area contributed by atoms with Gasteiger partial charge in [-0.2, -0.15) is 0 Å². The summed E-state index contributed by atoms with van der Waals surface area (Å²) < 4.78 is 6.48. The van der Waals surface area contributed by atoms with E-state index in [0.29, 0.717) is 17.5 Å². The summed E-state index contributed by atoms with van der Waals surface area (Å²) in [7, 11) is 0. The Morgan fingerprint density at radius 3 is 1.85 bits per heavy atom. The molecule has 9 aromatic rings. The number of nitrogens with zero attached hydrogens (tertiary/aromatic N) is 3. The molecule has 54 heavy (non-hydrogen) atoms. The summed E-state index contributed by atoms with van der Waals surface area (Å²) in [5, 5.41) is 2.05. The molecular weight excluding hydrogens is 659 g/mol. The van der Waals surface area contributed by atoms with E-state index in [2.05, 4.69) is 106 Å². The number of fused-ring (bicyclic) bond motifs is 6. The number of aromatic nitrogens is 3. The van der Waals surface area contributed by atoms with Gasteiger partial charge in [0.15, 0.2) is 17.5 Å². The van der Waals surface area contributed by atoms with E-state index < -0.39 is 0 Å². The van der Waals surface area contributed by atoms with Gasteiger partial charge in [-0.05, 0) is 87.7 Å². The molecule has 0 bridgehead atoms. The van der Waals surface area contributed by atoms with E-state index in [4.69, 9.17) is 19.4 Å². The van der Waals surface area contributed by atoms with E-state index >= 15 is 0 Å². The van der Waals surface area contributed by atoms with Crippen LogP contribution in [0.4, 0.5) is 0 Å². The van der Waals surface area contributed by atoms with Gasteiger partial charge in [0.1, 0.15) is 11.2 Å². The highest BCUT2D eigenvalue weighted by molar-refractivity contribution is 6.12. The first-order chi connectivity index (χ1) is 26.4. The second kappa shape index (κ2) is 12.5. The first-order valence-corrected chi connectivity index (χ1v) is 18.6. The Morgan fingerprint density at radius 1 is 0.481 bits per heavy atom. The van der Waals surface area contributed by atoms with Gasteiger partial charge in [-0.3, -0.25) is 0 Å². The fourth-order valence-electron chi connectivity index (χ4n) is 8.40. The largest absolute Gasteiger partial charge is 0.456 e.